The van der Waals surface area contributed by atoms with Crippen LogP contribution in [0.1, 0.15) is 155 Å². The van der Waals surface area contributed by atoms with E-state index in [1.807, 2.05) is 0 Å². The van der Waals surface area contributed by atoms with Gasteiger partial charge in [0.25, 0.3) is 0 Å². The Bertz CT molecular complexity index is 3460. The highest BCUT2D eigenvalue weighted by Crippen LogP contribution is 2.15. The normalized spacial score (nSPS) is 14.1. The molecule has 0 aromatic rings. The molecule has 13 amide bonds. The van der Waals surface area contributed by atoms with E-state index in [1.165, 1.54) is 13.8 Å². The summed E-state index contributed by atoms with van der Waals surface area (Å²) in [6, 6.07) is -21.9. The monoisotopic (exact) mass is 1640 g/mol. The number of nitrogens with one attached hydrogen (secondary N) is 19. The highest BCUT2D eigenvalue weighted by Gasteiger charge is 2.39. The molecule has 0 aliphatic carbocycles. The number of amides is 13. The van der Waals surface area contributed by atoms with Gasteiger partial charge in [-0.3, -0.25) is 108 Å². The first kappa shape index (κ1) is 102. The third kappa shape index (κ3) is 45.8. The number of aliphatic carboxylic acids is 6. The van der Waals surface area contributed by atoms with Crippen LogP contribution in [0.15, 0.2) is 0 Å². The molecule has 39 N–H and O–H groups in total. The van der Waals surface area contributed by atoms with Gasteiger partial charge in [-0.05, 0) is 95.8 Å². The van der Waals surface area contributed by atoms with Gasteiger partial charge in [0.05, 0.1) is 12.5 Å². The molecule has 13 atom stereocenters. The average Bonchev–Trinajstić information content (AvgIpc) is 0.917. The number of hydrogen-bond acceptors (Lipinski definition) is 24. The maximum atomic E-state index is 14.6. The predicted molar refractivity (Wildman–Crippen MR) is 399 cm³/mol. The summed E-state index contributed by atoms with van der Waals surface area (Å²) in [7, 11) is 0. The Labute approximate surface area is 657 Å². The van der Waals surface area contributed by atoms with Crippen molar-refractivity contribution in [1.82, 2.24) is 79.8 Å². The van der Waals surface area contributed by atoms with Crippen LogP contribution in [0.3, 0.4) is 0 Å². The minimum atomic E-state index is -2.00. The van der Waals surface area contributed by atoms with Crippen LogP contribution in [0.2, 0.25) is 0 Å². The Morgan fingerprint density at radius 1 is 0.287 bits per heavy atom. The van der Waals surface area contributed by atoms with Crippen LogP contribution < -0.4 is 120 Å². The first-order chi connectivity index (χ1) is 53.8. The number of rotatable bonds is 61. The summed E-state index contributed by atoms with van der Waals surface area (Å²) in [5.41, 5.74) is 38.0. The van der Waals surface area contributed by atoms with Crippen LogP contribution in [-0.4, -0.2) is 266 Å². The quantitative estimate of drug-likeness (QED) is 0.0153. The van der Waals surface area contributed by atoms with Gasteiger partial charge in [-0.2, -0.15) is 0 Å². The van der Waals surface area contributed by atoms with Crippen molar-refractivity contribution in [2.75, 3.05) is 26.2 Å². The molecule has 51 heteroatoms. The summed E-state index contributed by atoms with van der Waals surface area (Å²) < 4.78 is 0. The molecular formula is C64H110N26O25. The molecule has 115 heavy (non-hydrogen) atoms. The van der Waals surface area contributed by atoms with Crippen molar-refractivity contribution in [2.45, 2.75) is 228 Å². The molecule has 646 valence electrons. The maximum absolute atomic E-state index is 14.6. The highest BCUT2D eigenvalue weighted by molar-refractivity contribution is 6.00. The van der Waals surface area contributed by atoms with E-state index in [-0.39, 0.29) is 77.5 Å². The van der Waals surface area contributed by atoms with Crippen LogP contribution in [0.25, 0.3) is 0 Å². The van der Waals surface area contributed by atoms with E-state index in [2.05, 4.69) is 79.8 Å². The van der Waals surface area contributed by atoms with E-state index < -0.39 is 305 Å². The van der Waals surface area contributed by atoms with Crippen molar-refractivity contribution >= 4 is 136 Å². The topological polar surface area (TPSA) is 904 Å². The summed E-state index contributed by atoms with van der Waals surface area (Å²) >= 11 is 0. The number of hydrogen-bond donors (Lipinski definition) is 32. The Morgan fingerprint density at radius 2 is 0.496 bits per heavy atom. The third-order valence-electron chi connectivity index (χ3n) is 16.7. The molecule has 0 rings (SSSR count). The van der Waals surface area contributed by atoms with Crippen LogP contribution >= 0.6 is 0 Å². The van der Waals surface area contributed by atoms with Gasteiger partial charge < -0.3 is 151 Å². The Balaban J connectivity index is 7.65. The van der Waals surface area contributed by atoms with Crippen LogP contribution in [0.5, 0.6) is 0 Å². The number of carbonyl (C=O) groups is 19. The van der Waals surface area contributed by atoms with Crippen molar-refractivity contribution in [3.8, 4) is 0 Å². The van der Waals surface area contributed by atoms with Gasteiger partial charge in [-0.15, -0.1) is 0 Å². The smallest absolute Gasteiger partial charge is 0.326 e. The lowest BCUT2D eigenvalue weighted by Crippen LogP contribution is -2.61. The fourth-order valence-corrected chi connectivity index (χ4v) is 10.4. The Kier molecular flexibility index (Phi) is 48.4. The molecule has 51 nitrogen and oxygen atoms in total. The summed E-state index contributed by atoms with van der Waals surface area (Å²) in [5.74, 6) is -28.0. The van der Waals surface area contributed by atoms with Gasteiger partial charge in [-0.1, -0.05) is 20.3 Å². The number of nitrogens with two attached hydrogens (primary N) is 7. The lowest BCUT2D eigenvalue weighted by Gasteiger charge is -2.30. The van der Waals surface area contributed by atoms with Crippen LogP contribution in [-0.2, 0) is 91.1 Å². The zero-order valence-corrected chi connectivity index (χ0v) is 63.4. The summed E-state index contributed by atoms with van der Waals surface area (Å²) in [5, 5.41) is 123. The summed E-state index contributed by atoms with van der Waals surface area (Å²) in [4.78, 5) is 251. The molecule has 0 radical (unpaired) electrons. The standard InChI is InChI=1S/C64H110N26O25/c1-3-29(2)48(59(113)88-38(16-22-45(97)98)57(111)85-35(13-19-42(67)92)54(108)86-37(15-21-44(95)96)56(110)83-33(10-6-26-78-63(72)73)52(106)89-40(60(114)115)11-7-27-79-64(74)75)90-58(112)39(17-23-46(99)100)87-51(105)32(9-5-25-77-62(70)71)81-53(107)34(12-18-41(66)91)84-50(104)31(8-4-24-76-61(68)69)82-55(109)36(14-20-43(93)94)80-49(103)30(65)28-47(101)102/h29-40,48H,3-28,65H2,1-2H3,(H2,66,91)(H2,67,92)(H,80,103)(H,81,107)(H,82,109)(H,83,110)(H,84,104)(H,85,111)(H,86,108)(H,87,105)(H,88,113)(H,89,106)(H,90,112)(H,93,94)(H,95,96)(H,97,98)(H,99,100)(H,101,102)(H,114,115)(H4,68,69,76)(H4,70,71,77)(H4,72,73,78)(H4,74,75,79)/t29-,30-,31-,32-,33-,34-,35-,36-,37-,38-,39-,40-,48-/m0/s1. The third-order valence-corrected chi connectivity index (χ3v) is 16.7. The van der Waals surface area contributed by atoms with Gasteiger partial charge in [0.1, 0.15) is 66.5 Å². The number of carboxylic acids is 6. The summed E-state index contributed by atoms with van der Waals surface area (Å²) in [6.07, 6.45) is -11.6. The Morgan fingerprint density at radius 3 is 0.713 bits per heavy atom. The van der Waals surface area contributed by atoms with Gasteiger partial charge in [0.15, 0.2) is 23.8 Å². The molecule has 0 aromatic heterocycles. The Hall–Kier alpha value is -13.0. The first-order valence-electron chi connectivity index (χ1n) is 36.1. The number of carbonyl (C=O) groups excluding carboxylic acids is 13. The predicted octanol–water partition coefficient (Wildman–Crippen LogP) is -10.7. The van der Waals surface area contributed by atoms with E-state index >= 15 is 0 Å². The number of guanidine groups is 4. The molecule has 0 unspecified atom stereocenters. The molecule has 0 spiro atoms. The number of carboxylic acid groups (broad SMARTS) is 6. The van der Waals surface area contributed by atoms with Crippen molar-refractivity contribution in [2.24, 2.45) is 46.1 Å². The van der Waals surface area contributed by atoms with Crippen LogP contribution in [0, 0.1) is 27.6 Å². The molecule has 0 bridgehead atoms. The SMILES string of the molecule is CC[C@H](C)[C@H](NC(=O)[C@H](CCC(=O)O)NC(=O)[C@H](CCCNC(=N)N)NC(=O)[C@H](CCC(N)=O)NC(=O)[C@H](CCCNC(=N)N)NC(=O)[C@H](CCC(=O)O)NC(=O)[C@@H](N)CC(=O)O)C(=O)N[C@@H](CCC(=O)O)C(=O)N[C@@H](CCC(N)=O)C(=O)N[C@@H](CCC(=O)O)C(=O)N[C@@H](CCCNC(=N)N)C(=O)N[C@@H](CCCNC(=N)N)C(=O)O. The van der Waals surface area contributed by atoms with Gasteiger partial charge >= 0.3 is 35.8 Å². The molecule has 0 fully saturated rings. The fraction of sp³-hybridized carbons (Fsp3) is 0.641. The average molecular weight is 1640 g/mol. The van der Waals surface area contributed by atoms with Gasteiger partial charge in [0, 0.05) is 64.7 Å². The zero-order chi connectivity index (χ0) is 87.8. The molecule has 0 aromatic carbocycles. The van der Waals surface area contributed by atoms with Crippen molar-refractivity contribution in [1.29, 1.82) is 21.6 Å². The molecule has 0 aliphatic rings. The molecular weight excluding hydrogens is 1530 g/mol. The van der Waals surface area contributed by atoms with E-state index in [0.29, 0.717) is 0 Å². The second kappa shape index (κ2) is 54.6. The lowest BCUT2D eigenvalue weighted by atomic mass is 9.96. The largest absolute Gasteiger partial charge is 0.481 e. The van der Waals surface area contributed by atoms with E-state index in [9.17, 15) is 117 Å². The van der Waals surface area contributed by atoms with Crippen LogP contribution in [0.4, 0.5) is 0 Å². The van der Waals surface area contributed by atoms with Crippen molar-refractivity contribution in [3.63, 3.8) is 0 Å². The van der Waals surface area contributed by atoms with E-state index in [4.69, 9.17) is 66.9 Å². The van der Waals surface area contributed by atoms with Gasteiger partial charge in [0.2, 0.25) is 76.8 Å². The second-order valence-corrected chi connectivity index (χ2v) is 26.2. The summed E-state index contributed by atoms with van der Waals surface area (Å²) in [6.45, 7) is 2.56. The minimum Gasteiger partial charge on any atom is -0.481 e. The second-order valence-electron chi connectivity index (χ2n) is 26.2. The van der Waals surface area contributed by atoms with Crippen molar-refractivity contribution < 1.29 is 122 Å². The van der Waals surface area contributed by atoms with E-state index in [1.54, 1.807) is 0 Å². The first-order valence-corrected chi connectivity index (χ1v) is 36.1. The fourth-order valence-electron chi connectivity index (χ4n) is 10.4. The van der Waals surface area contributed by atoms with E-state index in [0.717, 1.165) is 0 Å². The molecule has 0 aliphatic heterocycles. The molecule has 0 saturated heterocycles. The zero-order valence-electron chi connectivity index (χ0n) is 63.4. The van der Waals surface area contributed by atoms with Gasteiger partial charge in [-0.25, -0.2) is 4.79 Å². The van der Waals surface area contributed by atoms with Crippen molar-refractivity contribution in [3.05, 3.63) is 0 Å². The minimum absolute atomic E-state index is 0.00583. The molecule has 0 heterocycles. The number of primary amides is 2. The maximum Gasteiger partial charge on any atom is 0.326 e. The highest BCUT2D eigenvalue weighted by atomic mass is 16.4. The molecule has 0 saturated carbocycles. The lowest BCUT2D eigenvalue weighted by molar-refractivity contribution is -0.142.